The van der Waals surface area contributed by atoms with Gasteiger partial charge < -0.3 is 14.7 Å². The highest BCUT2D eigenvalue weighted by Crippen LogP contribution is 2.32. The van der Waals surface area contributed by atoms with Crippen LogP contribution in [0, 0.1) is 12.8 Å². The van der Waals surface area contributed by atoms with Gasteiger partial charge in [-0.25, -0.2) is 4.79 Å². The normalized spacial score (nSPS) is 19.3. The molecule has 7 heteroatoms. The maximum atomic E-state index is 12.6. The average molecular weight is 363 g/mol. The summed E-state index contributed by atoms with van der Waals surface area (Å²) in [4.78, 5) is 22.9. The predicted molar refractivity (Wildman–Crippen MR) is 101 cm³/mol. The van der Waals surface area contributed by atoms with Crippen molar-refractivity contribution in [2.75, 3.05) is 18.4 Å². The topological polar surface area (TPSA) is 84.2 Å². The van der Waals surface area contributed by atoms with Gasteiger partial charge >= 0.3 is 6.03 Å². The summed E-state index contributed by atoms with van der Waals surface area (Å²) in [7, 11) is 0. The first-order chi connectivity index (χ1) is 13.1. The number of pyridine rings is 1. The SMILES string of the molecule is Cc1ccc(NC(=O)N2C[C@H](c3nc(-c4ccncc4)no3)[C@@H](C)C2)cc1. The van der Waals surface area contributed by atoms with Crippen LogP contribution in [0.15, 0.2) is 53.3 Å². The van der Waals surface area contributed by atoms with Crippen molar-refractivity contribution in [3.8, 4) is 11.4 Å². The summed E-state index contributed by atoms with van der Waals surface area (Å²) in [5.74, 6) is 1.37. The van der Waals surface area contributed by atoms with E-state index in [2.05, 4.69) is 27.4 Å². The van der Waals surface area contributed by atoms with E-state index in [9.17, 15) is 4.79 Å². The van der Waals surface area contributed by atoms with Crippen LogP contribution < -0.4 is 5.32 Å². The molecule has 7 nitrogen and oxygen atoms in total. The lowest BCUT2D eigenvalue weighted by atomic mass is 9.98. The van der Waals surface area contributed by atoms with Gasteiger partial charge in [0, 0.05) is 36.7 Å². The first kappa shape index (κ1) is 17.2. The number of anilines is 1. The standard InChI is InChI=1S/C20H21N5O2/c1-13-3-5-16(6-4-13)22-20(26)25-11-14(2)17(12-25)19-23-18(24-27-19)15-7-9-21-10-8-15/h3-10,14,17H,11-12H2,1-2H3,(H,22,26)/t14-,17-/m0/s1. The van der Waals surface area contributed by atoms with Gasteiger partial charge in [0.2, 0.25) is 11.7 Å². The third kappa shape index (κ3) is 3.67. The molecule has 138 valence electrons. The Morgan fingerprint density at radius 3 is 2.63 bits per heavy atom. The number of aryl methyl sites for hydroxylation is 1. The van der Waals surface area contributed by atoms with Crippen LogP contribution in [0.2, 0.25) is 0 Å². The quantitative estimate of drug-likeness (QED) is 0.767. The lowest BCUT2D eigenvalue weighted by molar-refractivity contribution is 0.220. The average Bonchev–Trinajstić information content (AvgIpc) is 3.31. The number of hydrogen-bond acceptors (Lipinski definition) is 5. The van der Waals surface area contributed by atoms with Gasteiger partial charge in [0.15, 0.2) is 0 Å². The summed E-state index contributed by atoms with van der Waals surface area (Å²) in [6.07, 6.45) is 3.39. The van der Waals surface area contributed by atoms with E-state index >= 15 is 0 Å². The molecule has 0 aliphatic carbocycles. The fraction of sp³-hybridized carbons (Fsp3) is 0.300. The minimum atomic E-state index is -0.109. The lowest BCUT2D eigenvalue weighted by Crippen LogP contribution is -2.33. The highest BCUT2D eigenvalue weighted by molar-refractivity contribution is 5.89. The number of carbonyl (C=O) groups is 1. The second kappa shape index (κ2) is 7.19. The largest absolute Gasteiger partial charge is 0.339 e. The van der Waals surface area contributed by atoms with Gasteiger partial charge in [-0.05, 0) is 37.1 Å². The van der Waals surface area contributed by atoms with Crippen molar-refractivity contribution < 1.29 is 9.32 Å². The van der Waals surface area contributed by atoms with E-state index in [4.69, 9.17) is 4.52 Å². The van der Waals surface area contributed by atoms with Crippen molar-refractivity contribution in [3.63, 3.8) is 0 Å². The molecule has 1 aromatic carbocycles. The van der Waals surface area contributed by atoms with Crippen molar-refractivity contribution in [1.29, 1.82) is 0 Å². The molecule has 27 heavy (non-hydrogen) atoms. The monoisotopic (exact) mass is 363 g/mol. The molecule has 0 saturated carbocycles. The maximum absolute atomic E-state index is 12.6. The second-order valence-electron chi connectivity index (χ2n) is 6.98. The molecule has 1 aliphatic heterocycles. The molecule has 3 heterocycles. The zero-order valence-corrected chi connectivity index (χ0v) is 15.3. The van der Waals surface area contributed by atoms with Gasteiger partial charge in [-0.15, -0.1) is 0 Å². The molecule has 1 aliphatic rings. The van der Waals surface area contributed by atoms with Crippen LogP contribution in [0.3, 0.4) is 0 Å². The molecule has 4 rings (SSSR count). The summed E-state index contributed by atoms with van der Waals surface area (Å²) in [5, 5.41) is 7.03. The first-order valence-corrected chi connectivity index (χ1v) is 8.97. The summed E-state index contributed by atoms with van der Waals surface area (Å²) in [5.41, 5.74) is 2.81. The number of benzene rings is 1. The van der Waals surface area contributed by atoms with Gasteiger partial charge in [-0.3, -0.25) is 4.98 Å². The first-order valence-electron chi connectivity index (χ1n) is 8.97. The number of nitrogens with one attached hydrogen (secondary N) is 1. The Labute approximate surface area is 157 Å². The van der Waals surface area contributed by atoms with Crippen LogP contribution in [0.25, 0.3) is 11.4 Å². The molecule has 1 saturated heterocycles. The van der Waals surface area contributed by atoms with Crippen LogP contribution in [0.1, 0.15) is 24.3 Å². The smallest absolute Gasteiger partial charge is 0.321 e. The molecule has 1 N–H and O–H groups in total. The molecule has 0 radical (unpaired) electrons. The highest BCUT2D eigenvalue weighted by atomic mass is 16.5. The second-order valence-corrected chi connectivity index (χ2v) is 6.98. The number of aromatic nitrogens is 3. The van der Waals surface area contributed by atoms with E-state index in [1.54, 1.807) is 17.3 Å². The number of likely N-dealkylation sites (tertiary alicyclic amines) is 1. The third-order valence-electron chi connectivity index (χ3n) is 4.90. The molecule has 2 amide bonds. The third-order valence-corrected chi connectivity index (χ3v) is 4.90. The number of rotatable bonds is 3. The van der Waals surface area contributed by atoms with Crippen molar-refractivity contribution in [2.45, 2.75) is 19.8 Å². The van der Waals surface area contributed by atoms with Crippen LogP contribution >= 0.6 is 0 Å². The van der Waals surface area contributed by atoms with Gasteiger partial charge in [0.1, 0.15) is 0 Å². The van der Waals surface area contributed by atoms with E-state index in [0.717, 1.165) is 16.8 Å². The minimum Gasteiger partial charge on any atom is -0.339 e. The Hall–Kier alpha value is -3.22. The van der Waals surface area contributed by atoms with Crippen LogP contribution in [0.4, 0.5) is 10.5 Å². The van der Waals surface area contributed by atoms with Crippen molar-refractivity contribution >= 4 is 11.7 Å². The molecule has 0 spiro atoms. The Morgan fingerprint density at radius 2 is 1.89 bits per heavy atom. The van der Waals surface area contributed by atoms with E-state index in [1.165, 1.54) is 0 Å². The van der Waals surface area contributed by atoms with Crippen molar-refractivity contribution in [1.82, 2.24) is 20.0 Å². The Balaban J connectivity index is 1.44. The Kier molecular flexibility index (Phi) is 4.58. The van der Waals surface area contributed by atoms with E-state index in [-0.39, 0.29) is 17.9 Å². The van der Waals surface area contributed by atoms with E-state index in [0.29, 0.717) is 24.8 Å². The summed E-state index contributed by atoms with van der Waals surface area (Å²) < 4.78 is 5.49. The summed E-state index contributed by atoms with van der Waals surface area (Å²) in [6, 6.07) is 11.3. The Morgan fingerprint density at radius 1 is 1.15 bits per heavy atom. The summed E-state index contributed by atoms with van der Waals surface area (Å²) >= 11 is 0. The fourth-order valence-electron chi connectivity index (χ4n) is 3.30. The molecule has 0 bridgehead atoms. The molecular weight excluding hydrogens is 342 g/mol. The maximum Gasteiger partial charge on any atom is 0.321 e. The van der Waals surface area contributed by atoms with Crippen LogP contribution in [0.5, 0.6) is 0 Å². The molecule has 2 atom stereocenters. The number of carbonyl (C=O) groups excluding carboxylic acids is 1. The zero-order valence-electron chi connectivity index (χ0n) is 15.3. The predicted octanol–water partition coefficient (Wildman–Crippen LogP) is 3.71. The van der Waals surface area contributed by atoms with Crippen molar-refractivity contribution in [3.05, 3.63) is 60.2 Å². The highest BCUT2D eigenvalue weighted by Gasteiger charge is 2.37. The van der Waals surface area contributed by atoms with Crippen molar-refractivity contribution in [2.24, 2.45) is 5.92 Å². The van der Waals surface area contributed by atoms with E-state index in [1.807, 2.05) is 43.3 Å². The molecule has 0 unspecified atom stereocenters. The minimum absolute atomic E-state index is 0.0249. The molecular formula is C20H21N5O2. The van der Waals surface area contributed by atoms with Gasteiger partial charge in [0.25, 0.3) is 0 Å². The lowest BCUT2D eigenvalue weighted by Gasteiger charge is -2.17. The number of nitrogens with zero attached hydrogens (tertiary/aromatic N) is 4. The number of urea groups is 1. The van der Waals surface area contributed by atoms with Gasteiger partial charge in [-0.2, -0.15) is 4.98 Å². The molecule has 1 fully saturated rings. The molecule has 2 aromatic heterocycles. The van der Waals surface area contributed by atoms with E-state index < -0.39 is 0 Å². The number of hydrogen-bond donors (Lipinski definition) is 1. The Bertz CT molecular complexity index is 923. The molecule has 3 aromatic rings. The zero-order chi connectivity index (χ0) is 18.8. The fourth-order valence-corrected chi connectivity index (χ4v) is 3.30. The summed E-state index contributed by atoms with van der Waals surface area (Å²) in [6.45, 7) is 5.31. The van der Waals surface area contributed by atoms with Gasteiger partial charge in [0.05, 0.1) is 5.92 Å². The number of amides is 2. The van der Waals surface area contributed by atoms with Crippen LogP contribution in [-0.2, 0) is 0 Å². The van der Waals surface area contributed by atoms with Crippen LogP contribution in [-0.4, -0.2) is 39.1 Å². The van der Waals surface area contributed by atoms with Gasteiger partial charge in [-0.1, -0.05) is 29.8 Å².